The van der Waals surface area contributed by atoms with Crippen LogP contribution in [-0.4, -0.2) is 46.6 Å². The minimum absolute atomic E-state index is 0.430. The van der Waals surface area contributed by atoms with Gasteiger partial charge >= 0.3 is 5.97 Å². The Morgan fingerprint density at radius 3 is 3.04 bits per heavy atom. The number of carboxylic acids is 1. The highest BCUT2D eigenvalue weighted by atomic mass is 16.5. The molecule has 0 unspecified atom stereocenters. The van der Waals surface area contributed by atoms with Crippen molar-refractivity contribution in [1.82, 2.24) is 15.2 Å². The third-order valence-electron chi connectivity index (χ3n) is 3.98. The smallest absolute Gasteiger partial charge is 0.322 e. The maximum atomic E-state index is 11.1. The normalized spacial score (nSPS) is 18.2. The van der Waals surface area contributed by atoms with Crippen molar-refractivity contribution < 1.29 is 14.6 Å². The van der Waals surface area contributed by atoms with Crippen molar-refractivity contribution >= 4 is 5.97 Å². The van der Waals surface area contributed by atoms with Gasteiger partial charge in [-0.3, -0.25) is 14.7 Å². The highest BCUT2D eigenvalue weighted by Gasteiger charge is 2.24. The molecule has 0 amide bonds. The van der Waals surface area contributed by atoms with Crippen LogP contribution in [0.4, 0.5) is 0 Å². The van der Waals surface area contributed by atoms with Crippen molar-refractivity contribution in [2.45, 2.75) is 19.2 Å². The van der Waals surface area contributed by atoms with Crippen LogP contribution in [0.2, 0.25) is 0 Å². The minimum atomic E-state index is -0.799. The first-order valence-corrected chi connectivity index (χ1v) is 8.01. The van der Waals surface area contributed by atoms with Crippen LogP contribution in [0.3, 0.4) is 0 Å². The number of piperazine rings is 1. The van der Waals surface area contributed by atoms with Crippen molar-refractivity contribution in [2.75, 3.05) is 19.6 Å². The van der Waals surface area contributed by atoms with Crippen molar-refractivity contribution in [3.63, 3.8) is 0 Å². The second-order valence-electron chi connectivity index (χ2n) is 5.84. The summed E-state index contributed by atoms with van der Waals surface area (Å²) in [5.74, 6) is -0.00443. The summed E-state index contributed by atoms with van der Waals surface area (Å²) in [6.45, 7) is 3.18. The van der Waals surface area contributed by atoms with Gasteiger partial charge in [0, 0.05) is 32.4 Å². The fraction of sp³-hybridized carbons (Fsp3) is 0.333. The Morgan fingerprint density at radius 2 is 2.25 bits per heavy atom. The lowest BCUT2D eigenvalue weighted by Crippen LogP contribution is -2.53. The van der Waals surface area contributed by atoms with E-state index >= 15 is 0 Å². The number of benzene rings is 1. The summed E-state index contributed by atoms with van der Waals surface area (Å²) in [6, 6.07) is 13.2. The molecule has 3 rings (SSSR count). The van der Waals surface area contributed by atoms with Crippen LogP contribution >= 0.6 is 0 Å². The molecule has 0 radical (unpaired) electrons. The van der Waals surface area contributed by atoms with E-state index in [1.165, 1.54) is 0 Å². The zero-order valence-corrected chi connectivity index (χ0v) is 13.4. The van der Waals surface area contributed by atoms with Gasteiger partial charge < -0.3 is 15.2 Å². The molecule has 1 fully saturated rings. The number of nitrogens with one attached hydrogen (secondary N) is 1. The van der Waals surface area contributed by atoms with Crippen molar-refractivity contribution in [2.24, 2.45) is 0 Å². The van der Waals surface area contributed by atoms with Crippen LogP contribution in [0.1, 0.15) is 11.3 Å². The number of carbonyl (C=O) groups is 1. The molecule has 6 heteroatoms. The second-order valence-corrected chi connectivity index (χ2v) is 5.84. The molecule has 1 aliphatic rings. The standard InChI is InChI=1S/C18H21N3O3/c22-18(23)17-12-21(9-8-20-17)11-14-4-3-6-16(10-14)24-13-15-5-1-2-7-19-15/h1-7,10,17,20H,8-9,11-13H2,(H,22,23)/t17-/m0/s1. The number of ether oxygens (including phenoxy) is 1. The molecular weight excluding hydrogens is 306 g/mol. The van der Waals surface area contributed by atoms with E-state index in [-0.39, 0.29) is 0 Å². The SMILES string of the molecule is O=C(O)[C@@H]1CN(Cc2cccc(OCc3ccccn3)c2)CCN1. The zero-order chi connectivity index (χ0) is 16.8. The van der Waals surface area contributed by atoms with Crippen LogP contribution in [0.15, 0.2) is 48.7 Å². The largest absolute Gasteiger partial charge is 0.487 e. The van der Waals surface area contributed by atoms with E-state index < -0.39 is 12.0 Å². The number of aliphatic carboxylic acids is 1. The van der Waals surface area contributed by atoms with Gasteiger partial charge in [0.05, 0.1) is 5.69 Å². The first-order valence-electron chi connectivity index (χ1n) is 8.01. The van der Waals surface area contributed by atoms with Crippen LogP contribution in [-0.2, 0) is 17.9 Å². The Hall–Kier alpha value is -2.44. The second kappa shape index (κ2) is 7.90. The zero-order valence-electron chi connectivity index (χ0n) is 13.4. The van der Waals surface area contributed by atoms with Crippen molar-refractivity contribution in [3.8, 4) is 5.75 Å². The van der Waals surface area contributed by atoms with E-state index in [0.29, 0.717) is 26.2 Å². The molecule has 1 aromatic heterocycles. The molecule has 0 aliphatic carbocycles. The average molecular weight is 327 g/mol. The maximum Gasteiger partial charge on any atom is 0.322 e. The topological polar surface area (TPSA) is 74.7 Å². The molecule has 0 spiro atoms. The highest BCUT2D eigenvalue weighted by Crippen LogP contribution is 2.17. The number of nitrogens with zero attached hydrogens (tertiary/aromatic N) is 2. The van der Waals surface area contributed by atoms with Crippen LogP contribution in [0, 0.1) is 0 Å². The summed E-state index contributed by atoms with van der Waals surface area (Å²) in [4.78, 5) is 17.5. The average Bonchev–Trinajstić information content (AvgIpc) is 2.61. The predicted octanol–water partition coefficient (Wildman–Crippen LogP) is 1.52. The number of hydrogen-bond acceptors (Lipinski definition) is 5. The number of pyridine rings is 1. The van der Waals surface area contributed by atoms with Crippen molar-refractivity contribution in [3.05, 3.63) is 59.9 Å². The first-order chi connectivity index (χ1) is 11.7. The van der Waals surface area contributed by atoms with Gasteiger partial charge in [-0.25, -0.2) is 0 Å². The molecule has 126 valence electrons. The van der Waals surface area contributed by atoms with E-state index in [0.717, 1.165) is 23.6 Å². The fourth-order valence-electron chi connectivity index (χ4n) is 2.75. The van der Waals surface area contributed by atoms with E-state index in [2.05, 4.69) is 15.2 Å². The first kappa shape index (κ1) is 16.4. The molecule has 6 nitrogen and oxygen atoms in total. The van der Waals surface area contributed by atoms with Gasteiger partial charge in [-0.2, -0.15) is 0 Å². The van der Waals surface area contributed by atoms with Gasteiger partial charge in [-0.15, -0.1) is 0 Å². The molecule has 1 aliphatic heterocycles. The molecule has 0 bridgehead atoms. The lowest BCUT2D eigenvalue weighted by Gasteiger charge is -2.31. The predicted molar refractivity (Wildman–Crippen MR) is 89.7 cm³/mol. The number of carboxylic acid groups (broad SMARTS) is 1. The van der Waals surface area contributed by atoms with Crippen LogP contribution in [0.25, 0.3) is 0 Å². The van der Waals surface area contributed by atoms with E-state index in [4.69, 9.17) is 9.84 Å². The van der Waals surface area contributed by atoms with Crippen LogP contribution < -0.4 is 10.1 Å². The summed E-state index contributed by atoms with van der Waals surface area (Å²) in [5, 5.41) is 12.1. The molecule has 1 aromatic carbocycles. The Kier molecular flexibility index (Phi) is 5.40. The van der Waals surface area contributed by atoms with Crippen molar-refractivity contribution in [1.29, 1.82) is 0 Å². The molecule has 2 N–H and O–H groups in total. The Balaban J connectivity index is 1.58. The van der Waals surface area contributed by atoms with Gasteiger partial charge in [0.2, 0.25) is 0 Å². The van der Waals surface area contributed by atoms with E-state index in [1.54, 1.807) is 6.20 Å². The highest BCUT2D eigenvalue weighted by molar-refractivity contribution is 5.73. The van der Waals surface area contributed by atoms with Gasteiger partial charge in [-0.1, -0.05) is 18.2 Å². The molecule has 24 heavy (non-hydrogen) atoms. The van der Waals surface area contributed by atoms with E-state index in [9.17, 15) is 4.79 Å². The van der Waals surface area contributed by atoms with Gasteiger partial charge in [0.25, 0.3) is 0 Å². The van der Waals surface area contributed by atoms with Gasteiger partial charge in [-0.05, 0) is 29.8 Å². The Bertz CT molecular complexity index is 678. The molecule has 0 saturated carbocycles. The monoisotopic (exact) mass is 327 g/mol. The Labute approximate surface area is 141 Å². The van der Waals surface area contributed by atoms with Gasteiger partial charge in [0.1, 0.15) is 18.4 Å². The third-order valence-corrected chi connectivity index (χ3v) is 3.98. The summed E-state index contributed by atoms with van der Waals surface area (Å²) >= 11 is 0. The molecule has 2 heterocycles. The minimum Gasteiger partial charge on any atom is -0.487 e. The lowest BCUT2D eigenvalue weighted by atomic mass is 10.1. The summed E-state index contributed by atoms with van der Waals surface area (Å²) in [6.07, 6.45) is 1.75. The summed E-state index contributed by atoms with van der Waals surface area (Å²) in [5.41, 5.74) is 1.99. The molecule has 1 atom stereocenters. The van der Waals surface area contributed by atoms with E-state index in [1.807, 2.05) is 42.5 Å². The number of rotatable bonds is 6. The third kappa shape index (κ3) is 4.53. The lowest BCUT2D eigenvalue weighted by molar-refractivity contribution is -0.140. The maximum absolute atomic E-state index is 11.1. The summed E-state index contributed by atoms with van der Waals surface area (Å²) in [7, 11) is 0. The van der Waals surface area contributed by atoms with Gasteiger partial charge in [0.15, 0.2) is 0 Å². The number of aromatic nitrogens is 1. The number of hydrogen-bond donors (Lipinski definition) is 2. The fourth-order valence-corrected chi connectivity index (χ4v) is 2.75. The Morgan fingerprint density at radius 1 is 1.33 bits per heavy atom. The molecular formula is C18H21N3O3. The van der Waals surface area contributed by atoms with Crippen LogP contribution in [0.5, 0.6) is 5.75 Å². The summed E-state index contributed by atoms with van der Waals surface area (Å²) < 4.78 is 5.79. The molecule has 1 saturated heterocycles. The quantitative estimate of drug-likeness (QED) is 0.838. The molecule has 2 aromatic rings.